The average molecular weight is 284 g/mol. The highest BCUT2D eigenvalue weighted by atomic mass is 16.5. The second-order valence-corrected chi connectivity index (χ2v) is 5.90. The summed E-state index contributed by atoms with van der Waals surface area (Å²) in [5.41, 5.74) is 7.42. The lowest BCUT2D eigenvalue weighted by Crippen LogP contribution is -2.42. The van der Waals surface area contributed by atoms with E-state index in [1.54, 1.807) is 7.11 Å². The minimum absolute atomic E-state index is 0.270. The lowest BCUT2D eigenvalue weighted by atomic mass is 9.88. The Labute approximate surface area is 126 Å². The molecule has 112 valence electrons. The Hall–Kier alpha value is -1.58. The first-order chi connectivity index (χ1) is 10.3. The number of ether oxygens (including phenoxy) is 1. The number of nitrogens with zero attached hydrogens (tertiary/aromatic N) is 1. The number of hydrogen-bond acceptors (Lipinski definition) is 3. The number of fused-ring (bicyclic) bond motifs is 1. The van der Waals surface area contributed by atoms with Crippen molar-refractivity contribution >= 4 is 10.8 Å². The Morgan fingerprint density at radius 3 is 2.48 bits per heavy atom. The third-order valence-electron chi connectivity index (χ3n) is 4.86. The van der Waals surface area contributed by atoms with Crippen molar-refractivity contribution in [1.29, 1.82) is 0 Å². The SMILES string of the molecule is COc1ccc(C(CN)N(C)C2CCC2)c2ccccc12. The molecule has 2 aromatic rings. The van der Waals surface area contributed by atoms with Gasteiger partial charge in [0, 0.05) is 24.0 Å². The largest absolute Gasteiger partial charge is 0.496 e. The molecule has 0 heterocycles. The average Bonchev–Trinajstić information content (AvgIpc) is 2.46. The number of hydrogen-bond donors (Lipinski definition) is 1. The van der Waals surface area contributed by atoms with Crippen molar-refractivity contribution < 1.29 is 4.74 Å². The van der Waals surface area contributed by atoms with Crippen molar-refractivity contribution in [3.05, 3.63) is 42.0 Å². The molecule has 1 atom stereocenters. The van der Waals surface area contributed by atoms with Crippen LogP contribution in [0.5, 0.6) is 5.75 Å². The van der Waals surface area contributed by atoms with Crippen LogP contribution in [-0.4, -0.2) is 31.6 Å². The summed E-state index contributed by atoms with van der Waals surface area (Å²) in [5.74, 6) is 0.927. The van der Waals surface area contributed by atoms with Crippen LogP contribution in [0.4, 0.5) is 0 Å². The van der Waals surface area contributed by atoms with Gasteiger partial charge >= 0.3 is 0 Å². The quantitative estimate of drug-likeness (QED) is 0.915. The minimum atomic E-state index is 0.270. The zero-order chi connectivity index (χ0) is 14.8. The van der Waals surface area contributed by atoms with Gasteiger partial charge in [-0.15, -0.1) is 0 Å². The molecule has 3 nitrogen and oxygen atoms in total. The van der Waals surface area contributed by atoms with Crippen molar-refractivity contribution in [2.45, 2.75) is 31.3 Å². The molecule has 3 rings (SSSR count). The van der Waals surface area contributed by atoms with E-state index in [1.807, 2.05) is 0 Å². The Morgan fingerprint density at radius 2 is 1.90 bits per heavy atom. The van der Waals surface area contributed by atoms with Crippen LogP contribution in [0.1, 0.15) is 30.9 Å². The fraction of sp³-hybridized carbons (Fsp3) is 0.444. The van der Waals surface area contributed by atoms with E-state index in [-0.39, 0.29) is 6.04 Å². The van der Waals surface area contributed by atoms with E-state index in [1.165, 1.54) is 30.2 Å². The molecule has 0 radical (unpaired) electrons. The summed E-state index contributed by atoms with van der Waals surface area (Å²) in [5, 5.41) is 2.41. The van der Waals surface area contributed by atoms with Crippen LogP contribution in [-0.2, 0) is 0 Å². The lowest BCUT2D eigenvalue weighted by molar-refractivity contribution is 0.114. The third-order valence-corrected chi connectivity index (χ3v) is 4.86. The minimum Gasteiger partial charge on any atom is -0.496 e. The van der Waals surface area contributed by atoms with Crippen LogP contribution in [0.15, 0.2) is 36.4 Å². The summed E-state index contributed by atoms with van der Waals surface area (Å²) < 4.78 is 5.49. The highest BCUT2D eigenvalue weighted by Crippen LogP contribution is 2.36. The fourth-order valence-electron chi connectivity index (χ4n) is 3.32. The van der Waals surface area contributed by atoms with Crippen molar-refractivity contribution in [3.8, 4) is 5.75 Å². The maximum atomic E-state index is 6.11. The lowest BCUT2D eigenvalue weighted by Gasteiger charge is -2.40. The van der Waals surface area contributed by atoms with E-state index < -0.39 is 0 Å². The second kappa shape index (κ2) is 6.04. The first-order valence-corrected chi connectivity index (χ1v) is 7.74. The monoisotopic (exact) mass is 284 g/mol. The Balaban J connectivity index is 2.05. The van der Waals surface area contributed by atoms with Gasteiger partial charge in [0.05, 0.1) is 7.11 Å². The van der Waals surface area contributed by atoms with Crippen molar-refractivity contribution in [1.82, 2.24) is 4.90 Å². The van der Waals surface area contributed by atoms with E-state index in [4.69, 9.17) is 10.5 Å². The molecule has 0 saturated heterocycles. The molecule has 0 spiro atoms. The van der Waals surface area contributed by atoms with E-state index in [2.05, 4.69) is 48.3 Å². The van der Waals surface area contributed by atoms with E-state index >= 15 is 0 Å². The molecule has 3 heteroatoms. The number of rotatable bonds is 5. The molecule has 1 saturated carbocycles. The normalized spacial score (nSPS) is 17.0. The van der Waals surface area contributed by atoms with Gasteiger partial charge < -0.3 is 10.5 Å². The number of likely N-dealkylation sites (N-methyl/N-ethyl adjacent to an activating group) is 1. The van der Waals surface area contributed by atoms with Crippen LogP contribution in [0.3, 0.4) is 0 Å². The van der Waals surface area contributed by atoms with Crippen LogP contribution in [0, 0.1) is 0 Å². The van der Waals surface area contributed by atoms with Crippen LogP contribution < -0.4 is 10.5 Å². The van der Waals surface area contributed by atoms with Crippen molar-refractivity contribution in [2.24, 2.45) is 5.73 Å². The van der Waals surface area contributed by atoms with Gasteiger partial charge in [-0.3, -0.25) is 4.90 Å². The zero-order valence-corrected chi connectivity index (χ0v) is 12.9. The number of benzene rings is 2. The van der Waals surface area contributed by atoms with Gasteiger partial charge in [0.25, 0.3) is 0 Å². The maximum absolute atomic E-state index is 6.11. The molecule has 21 heavy (non-hydrogen) atoms. The highest BCUT2D eigenvalue weighted by molar-refractivity contribution is 5.91. The molecule has 1 fully saturated rings. The smallest absolute Gasteiger partial charge is 0.126 e. The maximum Gasteiger partial charge on any atom is 0.126 e. The van der Waals surface area contributed by atoms with Crippen molar-refractivity contribution in [2.75, 3.05) is 20.7 Å². The van der Waals surface area contributed by atoms with Crippen LogP contribution in [0.25, 0.3) is 10.8 Å². The number of methoxy groups -OCH3 is 1. The fourth-order valence-corrected chi connectivity index (χ4v) is 3.32. The summed E-state index contributed by atoms with van der Waals surface area (Å²) in [4.78, 5) is 2.46. The van der Waals surface area contributed by atoms with E-state index in [9.17, 15) is 0 Å². The summed E-state index contributed by atoms with van der Waals surface area (Å²) in [6, 6.07) is 13.6. The van der Waals surface area contributed by atoms with Crippen LogP contribution >= 0.6 is 0 Å². The molecule has 1 aliphatic rings. The molecule has 1 aliphatic carbocycles. The molecule has 1 unspecified atom stereocenters. The second-order valence-electron chi connectivity index (χ2n) is 5.90. The first-order valence-electron chi connectivity index (χ1n) is 7.74. The molecule has 0 bridgehead atoms. The Morgan fingerprint density at radius 1 is 1.19 bits per heavy atom. The molecule has 0 amide bonds. The van der Waals surface area contributed by atoms with Gasteiger partial charge in [0.2, 0.25) is 0 Å². The zero-order valence-electron chi connectivity index (χ0n) is 12.9. The van der Waals surface area contributed by atoms with Crippen molar-refractivity contribution in [3.63, 3.8) is 0 Å². The summed E-state index contributed by atoms with van der Waals surface area (Å²) in [7, 11) is 3.93. The van der Waals surface area contributed by atoms with Gasteiger partial charge in [-0.25, -0.2) is 0 Å². The molecular weight excluding hydrogens is 260 g/mol. The summed E-state index contributed by atoms with van der Waals surface area (Å²) >= 11 is 0. The molecule has 2 N–H and O–H groups in total. The summed E-state index contributed by atoms with van der Waals surface area (Å²) in [6.07, 6.45) is 3.93. The summed E-state index contributed by atoms with van der Waals surface area (Å²) in [6.45, 7) is 0.642. The van der Waals surface area contributed by atoms with Gasteiger partial charge in [0.15, 0.2) is 0 Å². The predicted octanol–water partition coefficient (Wildman–Crippen LogP) is 3.33. The Bertz CT molecular complexity index is 622. The molecule has 0 aromatic heterocycles. The van der Waals surface area contributed by atoms with Gasteiger partial charge in [0.1, 0.15) is 5.75 Å². The highest BCUT2D eigenvalue weighted by Gasteiger charge is 2.28. The standard InChI is InChI=1S/C18H24N2O/c1-20(13-6-5-7-13)17(12-19)15-10-11-18(21-2)16-9-4-3-8-14(15)16/h3-4,8-11,13,17H,5-7,12,19H2,1-2H3. The van der Waals surface area contributed by atoms with Gasteiger partial charge in [-0.2, -0.15) is 0 Å². The van der Waals surface area contributed by atoms with Gasteiger partial charge in [-0.05, 0) is 36.9 Å². The van der Waals surface area contributed by atoms with E-state index in [0.29, 0.717) is 12.6 Å². The molecule has 0 aliphatic heterocycles. The molecule has 2 aromatic carbocycles. The predicted molar refractivity (Wildman–Crippen MR) is 87.7 cm³/mol. The first kappa shape index (κ1) is 14.4. The van der Waals surface area contributed by atoms with E-state index in [0.717, 1.165) is 11.1 Å². The number of nitrogens with two attached hydrogens (primary N) is 1. The van der Waals surface area contributed by atoms with Crippen LogP contribution in [0.2, 0.25) is 0 Å². The Kier molecular flexibility index (Phi) is 4.13. The topological polar surface area (TPSA) is 38.5 Å². The third kappa shape index (κ3) is 2.52. The van der Waals surface area contributed by atoms with Gasteiger partial charge in [-0.1, -0.05) is 36.8 Å². The molecular formula is C18H24N2O.